The highest BCUT2D eigenvalue weighted by molar-refractivity contribution is 6.60. The minimum Gasteiger partial charge on any atom is -0.458 e. The zero-order chi connectivity index (χ0) is 27.6. The van der Waals surface area contributed by atoms with Gasteiger partial charge >= 0.3 is 24.0 Å². The fraction of sp³-hybridized carbons (Fsp3) is 0.720. The van der Waals surface area contributed by atoms with E-state index in [2.05, 4.69) is 4.74 Å². The molecule has 1 heterocycles. The summed E-state index contributed by atoms with van der Waals surface area (Å²) in [6.07, 6.45) is -2.95. The molecule has 2 nitrogen and oxygen atoms in total. The highest BCUT2D eigenvalue weighted by Crippen LogP contribution is 2.48. The van der Waals surface area contributed by atoms with Gasteiger partial charge in [-0.2, -0.15) is 30.7 Å². The maximum Gasteiger partial charge on any atom is 0.460 e. The second kappa shape index (κ2) is 11.6. The monoisotopic (exact) mass is 562 g/mol. The van der Waals surface area contributed by atoms with Crippen LogP contribution in [0.2, 0.25) is 17.6 Å². The van der Waals surface area contributed by atoms with Gasteiger partial charge in [0.2, 0.25) is 0 Å². The van der Waals surface area contributed by atoms with Gasteiger partial charge in [-0.3, -0.25) is 0 Å². The third kappa shape index (κ3) is 6.47. The number of benzene rings is 1. The summed E-state index contributed by atoms with van der Waals surface area (Å²) in [5.41, 5.74) is 1.01. The summed E-state index contributed by atoms with van der Waals surface area (Å²) in [5, 5.41) is 0. The molecular weight excluding hydrogens is 531 g/mol. The Hall–Kier alpha value is -1.72. The van der Waals surface area contributed by atoms with Gasteiger partial charge in [-0.25, -0.2) is 13.6 Å². The number of ether oxygens (including phenoxy) is 1. The first-order chi connectivity index (χ1) is 17.2. The normalized spacial score (nSPS) is 25.7. The van der Waals surface area contributed by atoms with E-state index in [-0.39, 0.29) is 29.9 Å². The standard InChI is InChI=1S/C25H31F9O2Si/c1-2-3-4-15-13-19(26)21(20(27)14-15)16-9-11-37(12-10-16)18-7-5-17(6-8-18)36-22(35)23(28,29)24(30,31)25(32,33)34/h13-14,16-18,37H,2-12H2,1H3. The van der Waals surface area contributed by atoms with Crippen molar-refractivity contribution in [3.05, 3.63) is 34.9 Å². The lowest BCUT2D eigenvalue weighted by atomic mass is 9.91. The fourth-order valence-electron chi connectivity index (χ4n) is 5.64. The summed E-state index contributed by atoms with van der Waals surface area (Å²) in [4.78, 5) is 11.5. The number of aryl methyl sites for hydroxylation is 1. The second-order valence-electron chi connectivity index (χ2n) is 10.3. The van der Waals surface area contributed by atoms with Gasteiger partial charge in [0.05, 0.1) is 0 Å². The van der Waals surface area contributed by atoms with Crippen LogP contribution in [0.15, 0.2) is 12.1 Å². The third-order valence-electron chi connectivity index (χ3n) is 7.80. The Morgan fingerprint density at radius 2 is 1.46 bits per heavy atom. The van der Waals surface area contributed by atoms with Crippen molar-refractivity contribution >= 4 is 14.8 Å². The van der Waals surface area contributed by atoms with Crippen molar-refractivity contribution in [3.8, 4) is 0 Å². The molecule has 12 heteroatoms. The summed E-state index contributed by atoms with van der Waals surface area (Å²) in [7, 11) is -1.38. The maximum atomic E-state index is 14.7. The van der Waals surface area contributed by atoms with Crippen LogP contribution in [0.1, 0.15) is 75.3 Å². The van der Waals surface area contributed by atoms with Crippen LogP contribution in [0.25, 0.3) is 0 Å². The molecule has 0 amide bonds. The lowest BCUT2D eigenvalue weighted by molar-refractivity contribution is -0.349. The van der Waals surface area contributed by atoms with Crippen LogP contribution in [0.5, 0.6) is 0 Å². The molecule has 0 spiro atoms. The van der Waals surface area contributed by atoms with Crippen LogP contribution in [0.3, 0.4) is 0 Å². The Kier molecular flexibility index (Phi) is 9.33. The van der Waals surface area contributed by atoms with Gasteiger partial charge in [-0.15, -0.1) is 0 Å². The predicted octanol–water partition coefficient (Wildman–Crippen LogP) is 8.10. The molecule has 0 unspecified atom stereocenters. The highest BCUT2D eigenvalue weighted by atomic mass is 28.3. The zero-order valence-electron chi connectivity index (χ0n) is 20.5. The van der Waals surface area contributed by atoms with E-state index < -0.39 is 50.5 Å². The van der Waals surface area contributed by atoms with Crippen molar-refractivity contribution in [3.63, 3.8) is 0 Å². The average Bonchev–Trinajstić information content (AvgIpc) is 2.82. The number of hydrogen-bond donors (Lipinski definition) is 0. The first-order valence-electron chi connectivity index (χ1n) is 12.7. The molecule has 0 aromatic heterocycles. The first kappa shape index (κ1) is 29.8. The summed E-state index contributed by atoms with van der Waals surface area (Å²) in [6, 6.07) is 4.47. The van der Waals surface area contributed by atoms with Gasteiger partial charge in [0.25, 0.3) is 0 Å². The molecule has 1 aromatic carbocycles. The van der Waals surface area contributed by atoms with E-state index in [0.29, 0.717) is 37.7 Å². The number of carbonyl (C=O) groups is 1. The van der Waals surface area contributed by atoms with Crippen molar-refractivity contribution in [2.45, 2.75) is 112 Å². The molecule has 1 saturated heterocycles. The number of alkyl halides is 7. The average molecular weight is 563 g/mol. The van der Waals surface area contributed by atoms with Crippen LogP contribution in [-0.2, 0) is 16.0 Å². The molecule has 1 aromatic rings. The molecule has 3 rings (SSSR count). The Morgan fingerprint density at radius 3 is 1.95 bits per heavy atom. The van der Waals surface area contributed by atoms with E-state index in [4.69, 9.17) is 0 Å². The van der Waals surface area contributed by atoms with Gasteiger partial charge < -0.3 is 4.74 Å². The van der Waals surface area contributed by atoms with Crippen molar-refractivity contribution in [1.29, 1.82) is 0 Å². The summed E-state index contributed by atoms with van der Waals surface area (Å²) < 4.78 is 124. The van der Waals surface area contributed by atoms with Crippen LogP contribution in [0, 0.1) is 11.6 Å². The smallest absolute Gasteiger partial charge is 0.458 e. The molecule has 1 aliphatic heterocycles. The Balaban J connectivity index is 1.51. The van der Waals surface area contributed by atoms with E-state index in [9.17, 15) is 44.3 Å². The van der Waals surface area contributed by atoms with Crippen molar-refractivity contribution in [2.24, 2.45) is 0 Å². The molecule has 2 aliphatic rings. The third-order valence-corrected chi connectivity index (χ3v) is 12.0. The maximum absolute atomic E-state index is 14.7. The lowest BCUT2D eigenvalue weighted by Gasteiger charge is -2.37. The Bertz CT molecular complexity index is 912. The number of hydrogen-bond acceptors (Lipinski definition) is 2. The van der Waals surface area contributed by atoms with E-state index in [0.717, 1.165) is 24.9 Å². The van der Waals surface area contributed by atoms with E-state index in [1.54, 1.807) is 0 Å². The number of carbonyl (C=O) groups excluding carboxylic acids is 1. The quantitative estimate of drug-likeness (QED) is 0.182. The largest absolute Gasteiger partial charge is 0.460 e. The molecule has 0 atom stereocenters. The van der Waals surface area contributed by atoms with Gasteiger partial charge in [-0.05, 0) is 80.5 Å². The minimum atomic E-state index is -6.60. The molecule has 0 bridgehead atoms. The Morgan fingerprint density at radius 1 is 0.919 bits per heavy atom. The van der Waals surface area contributed by atoms with E-state index in [1.165, 1.54) is 12.1 Å². The van der Waals surface area contributed by atoms with Crippen LogP contribution in [-0.4, -0.2) is 38.9 Å². The molecular formula is C25H31F9O2Si. The topological polar surface area (TPSA) is 26.3 Å². The van der Waals surface area contributed by atoms with E-state index >= 15 is 0 Å². The van der Waals surface area contributed by atoms with Gasteiger partial charge in [0.1, 0.15) is 17.7 Å². The minimum absolute atomic E-state index is 0.0967. The van der Waals surface area contributed by atoms with Crippen molar-refractivity contribution in [1.82, 2.24) is 0 Å². The number of halogens is 9. The van der Waals surface area contributed by atoms with Crippen molar-refractivity contribution in [2.75, 3.05) is 0 Å². The van der Waals surface area contributed by atoms with Gasteiger partial charge in [-0.1, -0.05) is 25.4 Å². The number of esters is 1. The summed E-state index contributed by atoms with van der Waals surface area (Å²) >= 11 is 0. The van der Waals surface area contributed by atoms with E-state index in [1.807, 2.05) is 6.92 Å². The second-order valence-corrected chi connectivity index (χ2v) is 13.9. The zero-order valence-corrected chi connectivity index (χ0v) is 21.6. The first-order valence-corrected chi connectivity index (χ1v) is 15.0. The molecule has 2 fully saturated rings. The molecule has 0 radical (unpaired) electrons. The lowest BCUT2D eigenvalue weighted by Crippen LogP contribution is -2.57. The molecule has 1 saturated carbocycles. The number of unbranched alkanes of at least 4 members (excludes halogenated alkanes) is 1. The van der Waals surface area contributed by atoms with Crippen LogP contribution < -0.4 is 0 Å². The Labute approximate surface area is 211 Å². The molecule has 37 heavy (non-hydrogen) atoms. The van der Waals surface area contributed by atoms with Gasteiger partial charge in [0.15, 0.2) is 0 Å². The molecule has 0 N–H and O–H groups in total. The van der Waals surface area contributed by atoms with Crippen LogP contribution >= 0.6 is 0 Å². The highest BCUT2D eigenvalue weighted by Gasteiger charge is 2.77. The number of rotatable bonds is 8. The van der Waals surface area contributed by atoms with Gasteiger partial charge in [0, 0.05) is 14.4 Å². The SMILES string of the molecule is CCCCc1cc(F)c(C2CC[SiH](C3CCC(OC(=O)C(F)(F)C(F)(F)C(F)(F)F)CC3)CC2)c(F)c1. The summed E-state index contributed by atoms with van der Waals surface area (Å²) in [6.45, 7) is 2.00. The molecule has 1 aliphatic carbocycles. The van der Waals surface area contributed by atoms with Crippen molar-refractivity contribution < 1.29 is 49.0 Å². The predicted molar refractivity (Wildman–Crippen MR) is 122 cm³/mol. The fourth-order valence-corrected chi connectivity index (χ4v) is 9.86. The summed E-state index contributed by atoms with van der Waals surface area (Å²) in [5.74, 6) is -16.7. The molecule has 210 valence electrons. The van der Waals surface area contributed by atoms with Crippen LogP contribution in [0.4, 0.5) is 39.5 Å².